The topological polar surface area (TPSA) is 103 Å². The normalized spacial score (nSPS) is 10.4. The highest BCUT2D eigenvalue weighted by atomic mass is 16.5. The molecule has 0 bridgehead atoms. The van der Waals surface area contributed by atoms with Gasteiger partial charge >= 0.3 is 5.97 Å². The molecule has 0 spiro atoms. The summed E-state index contributed by atoms with van der Waals surface area (Å²) in [6, 6.07) is 0.249. The van der Waals surface area contributed by atoms with E-state index < -0.39 is 5.97 Å². The van der Waals surface area contributed by atoms with E-state index in [1.54, 1.807) is 13.8 Å². The molecule has 2 aromatic heterocycles. The van der Waals surface area contributed by atoms with E-state index >= 15 is 0 Å². The SMILES string of the molecule is CCOC(=O)c1coc(NCCc2nc(C)no2)n1. The third kappa shape index (κ3) is 3.54. The zero-order valence-electron chi connectivity index (χ0n) is 10.7. The number of esters is 1. The lowest BCUT2D eigenvalue weighted by atomic mass is 10.4. The smallest absolute Gasteiger partial charge is 0.360 e. The maximum absolute atomic E-state index is 11.4. The van der Waals surface area contributed by atoms with Crippen molar-refractivity contribution < 1.29 is 18.5 Å². The molecule has 0 unspecified atom stereocenters. The zero-order chi connectivity index (χ0) is 13.7. The number of nitrogens with zero attached hydrogens (tertiary/aromatic N) is 3. The van der Waals surface area contributed by atoms with Crippen LogP contribution in [0.4, 0.5) is 6.01 Å². The van der Waals surface area contributed by atoms with Gasteiger partial charge in [0.1, 0.15) is 6.26 Å². The number of carbonyl (C=O) groups is 1. The number of anilines is 1. The second-order valence-electron chi connectivity index (χ2n) is 3.67. The Balaban J connectivity index is 1.81. The van der Waals surface area contributed by atoms with Crippen molar-refractivity contribution in [2.45, 2.75) is 20.3 Å². The van der Waals surface area contributed by atoms with Gasteiger partial charge in [-0.2, -0.15) is 9.97 Å². The Morgan fingerprint density at radius 1 is 1.47 bits per heavy atom. The fraction of sp³-hybridized carbons (Fsp3) is 0.455. The molecular formula is C11H14N4O4. The largest absolute Gasteiger partial charge is 0.461 e. The van der Waals surface area contributed by atoms with Crippen LogP contribution < -0.4 is 5.32 Å². The van der Waals surface area contributed by atoms with Crippen LogP contribution in [0.2, 0.25) is 0 Å². The van der Waals surface area contributed by atoms with E-state index in [4.69, 9.17) is 13.7 Å². The van der Waals surface area contributed by atoms with Crippen molar-refractivity contribution in [1.82, 2.24) is 15.1 Å². The minimum atomic E-state index is -0.508. The Morgan fingerprint density at radius 3 is 3.00 bits per heavy atom. The van der Waals surface area contributed by atoms with Crippen LogP contribution in [0.1, 0.15) is 29.1 Å². The summed E-state index contributed by atoms with van der Waals surface area (Å²) in [4.78, 5) is 19.4. The Hall–Kier alpha value is -2.38. The number of rotatable bonds is 6. The number of nitrogens with one attached hydrogen (secondary N) is 1. The van der Waals surface area contributed by atoms with E-state index in [-0.39, 0.29) is 11.7 Å². The molecule has 102 valence electrons. The van der Waals surface area contributed by atoms with Crippen molar-refractivity contribution in [3.05, 3.63) is 23.7 Å². The molecule has 0 aliphatic rings. The summed E-state index contributed by atoms with van der Waals surface area (Å²) < 4.78 is 14.8. The molecule has 0 saturated carbocycles. The van der Waals surface area contributed by atoms with Crippen molar-refractivity contribution in [3.63, 3.8) is 0 Å². The summed E-state index contributed by atoms with van der Waals surface area (Å²) in [7, 11) is 0. The minimum absolute atomic E-state index is 0.137. The standard InChI is InChI=1S/C11H14N4O4/c1-3-17-10(16)8-6-18-11(14-8)12-5-4-9-13-7(2)15-19-9/h6H,3-5H2,1-2H3,(H,12,14). The number of hydrogen-bond acceptors (Lipinski definition) is 8. The molecule has 2 heterocycles. The van der Waals surface area contributed by atoms with Gasteiger partial charge in [-0.3, -0.25) is 0 Å². The Kier molecular flexibility index (Phi) is 4.11. The van der Waals surface area contributed by atoms with E-state index in [2.05, 4.69) is 20.4 Å². The van der Waals surface area contributed by atoms with E-state index in [9.17, 15) is 4.79 Å². The van der Waals surface area contributed by atoms with Gasteiger partial charge in [-0.05, 0) is 13.8 Å². The molecule has 2 rings (SSSR count). The van der Waals surface area contributed by atoms with Crippen molar-refractivity contribution >= 4 is 12.0 Å². The Bertz CT molecular complexity index is 548. The molecule has 0 amide bonds. The van der Waals surface area contributed by atoms with Crippen LogP contribution in [-0.4, -0.2) is 34.2 Å². The molecule has 0 radical (unpaired) electrons. The third-order valence-corrected chi connectivity index (χ3v) is 2.17. The van der Waals surface area contributed by atoms with E-state index in [0.29, 0.717) is 31.3 Å². The van der Waals surface area contributed by atoms with Gasteiger partial charge in [0.05, 0.1) is 6.61 Å². The summed E-state index contributed by atoms with van der Waals surface area (Å²) in [5, 5.41) is 6.58. The molecule has 0 atom stereocenters. The molecule has 2 aromatic rings. The molecule has 0 aliphatic heterocycles. The first kappa shape index (κ1) is 13.1. The van der Waals surface area contributed by atoms with E-state index in [0.717, 1.165) is 0 Å². The summed E-state index contributed by atoms with van der Waals surface area (Å²) in [6.45, 7) is 4.28. The lowest BCUT2D eigenvalue weighted by Gasteiger charge is -1.97. The molecule has 0 aliphatic carbocycles. The van der Waals surface area contributed by atoms with Gasteiger partial charge in [-0.1, -0.05) is 5.16 Å². The summed E-state index contributed by atoms with van der Waals surface area (Å²) >= 11 is 0. The fourth-order valence-corrected chi connectivity index (χ4v) is 1.37. The minimum Gasteiger partial charge on any atom is -0.461 e. The highest BCUT2D eigenvalue weighted by molar-refractivity contribution is 5.87. The van der Waals surface area contributed by atoms with Crippen molar-refractivity contribution in [2.24, 2.45) is 0 Å². The van der Waals surface area contributed by atoms with Gasteiger partial charge in [0.15, 0.2) is 11.5 Å². The van der Waals surface area contributed by atoms with Crippen LogP contribution >= 0.6 is 0 Å². The van der Waals surface area contributed by atoms with Gasteiger partial charge in [0.25, 0.3) is 6.01 Å². The predicted molar refractivity (Wildman–Crippen MR) is 63.7 cm³/mol. The highest BCUT2D eigenvalue weighted by Crippen LogP contribution is 2.08. The second-order valence-corrected chi connectivity index (χ2v) is 3.67. The summed E-state index contributed by atoms with van der Waals surface area (Å²) in [5.74, 6) is 0.615. The van der Waals surface area contributed by atoms with E-state index in [1.165, 1.54) is 6.26 Å². The monoisotopic (exact) mass is 266 g/mol. The van der Waals surface area contributed by atoms with Crippen molar-refractivity contribution in [3.8, 4) is 0 Å². The van der Waals surface area contributed by atoms with Crippen LogP contribution in [0.15, 0.2) is 15.2 Å². The summed E-state index contributed by atoms with van der Waals surface area (Å²) in [6.07, 6.45) is 1.79. The number of ether oxygens (including phenoxy) is 1. The van der Waals surface area contributed by atoms with Gasteiger partial charge in [0.2, 0.25) is 5.89 Å². The number of aromatic nitrogens is 3. The Labute approximate surface area is 109 Å². The van der Waals surface area contributed by atoms with E-state index in [1.807, 2.05) is 0 Å². The maximum atomic E-state index is 11.4. The van der Waals surface area contributed by atoms with Crippen LogP contribution in [0.25, 0.3) is 0 Å². The molecule has 0 saturated heterocycles. The number of hydrogen-bond donors (Lipinski definition) is 1. The number of oxazole rings is 1. The quantitative estimate of drug-likeness (QED) is 0.778. The lowest BCUT2D eigenvalue weighted by molar-refractivity contribution is 0.0519. The highest BCUT2D eigenvalue weighted by Gasteiger charge is 2.13. The van der Waals surface area contributed by atoms with Crippen LogP contribution in [0.3, 0.4) is 0 Å². The molecule has 8 nitrogen and oxygen atoms in total. The molecule has 1 N–H and O–H groups in total. The second kappa shape index (κ2) is 5.98. The van der Waals surface area contributed by atoms with Gasteiger partial charge in [-0.25, -0.2) is 4.79 Å². The van der Waals surface area contributed by atoms with Crippen molar-refractivity contribution in [1.29, 1.82) is 0 Å². The predicted octanol–water partition coefficient (Wildman–Crippen LogP) is 1.20. The number of carbonyl (C=O) groups excluding carboxylic acids is 1. The van der Waals surface area contributed by atoms with Crippen LogP contribution in [0.5, 0.6) is 0 Å². The molecule has 19 heavy (non-hydrogen) atoms. The first-order valence-electron chi connectivity index (χ1n) is 5.84. The number of aryl methyl sites for hydroxylation is 1. The van der Waals surface area contributed by atoms with Gasteiger partial charge in [0, 0.05) is 13.0 Å². The third-order valence-electron chi connectivity index (χ3n) is 2.17. The van der Waals surface area contributed by atoms with Gasteiger partial charge < -0.3 is 19.0 Å². The van der Waals surface area contributed by atoms with Crippen molar-refractivity contribution in [2.75, 3.05) is 18.5 Å². The first-order valence-corrected chi connectivity index (χ1v) is 5.84. The lowest BCUT2D eigenvalue weighted by Crippen LogP contribution is -2.07. The molecular weight excluding hydrogens is 252 g/mol. The molecule has 8 heteroatoms. The van der Waals surface area contributed by atoms with Crippen LogP contribution in [-0.2, 0) is 11.2 Å². The maximum Gasteiger partial charge on any atom is 0.360 e. The van der Waals surface area contributed by atoms with Crippen LogP contribution in [0, 0.1) is 6.92 Å². The van der Waals surface area contributed by atoms with Gasteiger partial charge in [-0.15, -0.1) is 0 Å². The zero-order valence-corrected chi connectivity index (χ0v) is 10.7. The Morgan fingerprint density at radius 2 is 2.32 bits per heavy atom. The molecule has 0 fully saturated rings. The summed E-state index contributed by atoms with van der Waals surface area (Å²) in [5.41, 5.74) is 0.137. The first-order chi connectivity index (χ1) is 9.19. The average Bonchev–Trinajstić information content (AvgIpc) is 2.99. The average molecular weight is 266 g/mol. The molecule has 0 aromatic carbocycles. The fourth-order valence-electron chi connectivity index (χ4n) is 1.37.